The van der Waals surface area contributed by atoms with Gasteiger partial charge in [0.2, 0.25) is 0 Å². The summed E-state index contributed by atoms with van der Waals surface area (Å²) in [6.45, 7) is 1.04. The zero-order chi connectivity index (χ0) is 11.1. The van der Waals surface area contributed by atoms with Gasteiger partial charge in [-0.05, 0) is 19.1 Å². The Hall–Kier alpha value is -0.460. The minimum atomic E-state index is -0.985. The van der Waals surface area contributed by atoms with E-state index >= 15 is 0 Å². The predicted molar refractivity (Wildman–Crippen MR) is 58.3 cm³/mol. The summed E-state index contributed by atoms with van der Waals surface area (Å²) >= 11 is 1.63. The van der Waals surface area contributed by atoms with Crippen LogP contribution in [0, 0.1) is 0 Å². The molecule has 0 bridgehead atoms. The van der Waals surface area contributed by atoms with Crippen molar-refractivity contribution in [1.29, 1.82) is 0 Å². The predicted octanol–water partition coefficient (Wildman–Crippen LogP) is 1.14. The van der Waals surface area contributed by atoms with Crippen molar-refractivity contribution in [1.82, 2.24) is 5.32 Å². The van der Waals surface area contributed by atoms with Crippen molar-refractivity contribution < 1.29 is 19.4 Å². The molecule has 0 radical (unpaired) electrons. The Morgan fingerprint density at radius 1 is 1.67 bits per heavy atom. The van der Waals surface area contributed by atoms with E-state index in [4.69, 9.17) is 14.6 Å². The van der Waals surface area contributed by atoms with Gasteiger partial charge in [-0.25, -0.2) is 4.79 Å². The molecular formula is C9H17NO4S. The van der Waals surface area contributed by atoms with Gasteiger partial charge in [0.1, 0.15) is 0 Å². The quantitative estimate of drug-likeness (QED) is 0.552. The molecule has 1 rings (SSSR count). The summed E-state index contributed by atoms with van der Waals surface area (Å²) in [5.74, 6) is 0.677. The van der Waals surface area contributed by atoms with Crippen LogP contribution in [0.15, 0.2) is 0 Å². The van der Waals surface area contributed by atoms with Crippen LogP contribution in [-0.2, 0) is 9.47 Å². The minimum absolute atomic E-state index is 0.0701. The molecule has 2 N–H and O–H groups in total. The van der Waals surface area contributed by atoms with Crippen LogP contribution in [0.2, 0.25) is 0 Å². The minimum Gasteiger partial charge on any atom is -0.465 e. The summed E-state index contributed by atoms with van der Waals surface area (Å²) in [6.07, 6.45) is 2.78. The number of thioether (sulfide) groups is 1. The molecule has 88 valence electrons. The molecular weight excluding hydrogens is 218 g/mol. The summed E-state index contributed by atoms with van der Waals surface area (Å²) in [7, 11) is 0. The van der Waals surface area contributed by atoms with Crippen LogP contribution >= 0.6 is 11.8 Å². The Kier molecular flexibility index (Phi) is 5.82. The Labute approximate surface area is 93.5 Å². The molecule has 5 nitrogen and oxygen atoms in total. The Morgan fingerprint density at radius 2 is 2.47 bits per heavy atom. The summed E-state index contributed by atoms with van der Waals surface area (Å²) in [5, 5.41) is 10.9. The van der Waals surface area contributed by atoms with Crippen LogP contribution in [0.3, 0.4) is 0 Å². The van der Waals surface area contributed by atoms with E-state index in [0.29, 0.717) is 19.2 Å². The number of carboxylic acid groups (broad SMARTS) is 1. The Balaban J connectivity index is 2.10. The van der Waals surface area contributed by atoms with Crippen LogP contribution < -0.4 is 5.32 Å². The first kappa shape index (κ1) is 12.6. The molecule has 1 aliphatic heterocycles. The van der Waals surface area contributed by atoms with Crippen molar-refractivity contribution in [2.45, 2.75) is 25.0 Å². The first-order chi connectivity index (χ1) is 7.22. The number of rotatable bonds is 5. The molecule has 1 heterocycles. The van der Waals surface area contributed by atoms with Crippen molar-refractivity contribution in [2.75, 3.05) is 25.4 Å². The van der Waals surface area contributed by atoms with Gasteiger partial charge >= 0.3 is 6.09 Å². The molecule has 1 fully saturated rings. The third kappa shape index (κ3) is 5.25. The van der Waals surface area contributed by atoms with E-state index in [0.717, 1.165) is 12.8 Å². The smallest absolute Gasteiger partial charge is 0.404 e. The Bertz CT molecular complexity index is 195. The van der Waals surface area contributed by atoms with Crippen LogP contribution in [0.25, 0.3) is 0 Å². The lowest BCUT2D eigenvalue weighted by Gasteiger charge is -2.28. The zero-order valence-electron chi connectivity index (χ0n) is 8.77. The normalized spacial score (nSPS) is 26.2. The number of amides is 1. The second-order valence-electron chi connectivity index (χ2n) is 3.46. The molecule has 0 aromatic rings. The second kappa shape index (κ2) is 6.92. The fraction of sp³-hybridized carbons (Fsp3) is 0.889. The summed E-state index contributed by atoms with van der Waals surface area (Å²) in [6, 6.07) is -0.0701. The summed E-state index contributed by atoms with van der Waals surface area (Å²) in [5.41, 5.74) is 0. The van der Waals surface area contributed by atoms with Crippen LogP contribution in [0.5, 0.6) is 0 Å². The first-order valence-corrected chi connectivity index (χ1v) is 6.29. The third-order valence-electron chi connectivity index (χ3n) is 2.20. The van der Waals surface area contributed by atoms with Gasteiger partial charge in [0, 0.05) is 0 Å². The second-order valence-corrected chi connectivity index (χ2v) is 4.27. The molecule has 15 heavy (non-hydrogen) atoms. The van der Waals surface area contributed by atoms with E-state index in [1.54, 1.807) is 11.8 Å². The van der Waals surface area contributed by atoms with Crippen molar-refractivity contribution in [3.63, 3.8) is 0 Å². The lowest BCUT2D eigenvalue weighted by Crippen LogP contribution is -2.43. The van der Waals surface area contributed by atoms with Gasteiger partial charge in [0.15, 0.2) is 0 Å². The number of carbonyl (C=O) groups is 1. The van der Waals surface area contributed by atoms with Gasteiger partial charge in [0.25, 0.3) is 0 Å². The molecule has 0 aromatic carbocycles. The van der Waals surface area contributed by atoms with E-state index in [9.17, 15) is 4.79 Å². The topological polar surface area (TPSA) is 67.8 Å². The maximum Gasteiger partial charge on any atom is 0.404 e. The van der Waals surface area contributed by atoms with Crippen LogP contribution in [0.1, 0.15) is 12.8 Å². The molecule has 6 heteroatoms. The van der Waals surface area contributed by atoms with Crippen molar-refractivity contribution in [2.24, 2.45) is 0 Å². The lowest BCUT2D eigenvalue weighted by atomic mass is 10.1. The molecule has 1 amide bonds. The van der Waals surface area contributed by atoms with Gasteiger partial charge in [-0.1, -0.05) is 0 Å². The van der Waals surface area contributed by atoms with Crippen LogP contribution in [-0.4, -0.2) is 48.8 Å². The number of ether oxygens (including phenoxy) is 2. The molecule has 0 aromatic heterocycles. The van der Waals surface area contributed by atoms with Gasteiger partial charge in [-0.15, -0.1) is 11.8 Å². The molecule has 1 saturated heterocycles. The molecule has 0 saturated carbocycles. The molecule has 0 unspecified atom stereocenters. The first-order valence-electron chi connectivity index (χ1n) is 4.90. The zero-order valence-corrected chi connectivity index (χ0v) is 9.59. The lowest BCUT2D eigenvalue weighted by molar-refractivity contribution is -0.0431. The largest absolute Gasteiger partial charge is 0.465 e. The number of hydrogen-bond donors (Lipinski definition) is 2. The summed E-state index contributed by atoms with van der Waals surface area (Å²) < 4.78 is 10.8. The SMILES string of the molecule is CSCOC[C@@H]1CC[C@@H](NC(=O)O)CO1. The average Bonchev–Trinajstić information content (AvgIpc) is 2.20. The maximum atomic E-state index is 10.4. The Morgan fingerprint density at radius 3 is 3.00 bits per heavy atom. The molecule has 1 aliphatic rings. The highest BCUT2D eigenvalue weighted by Crippen LogP contribution is 2.14. The standard InChI is InChI=1S/C9H17NO4S/c1-15-6-13-5-8-3-2-7(4-14-8)10-9(11)12/h7-8,10H,2-6H2,1H3,(H,11,12)/t7-,8+/m1/s1. The van der Waals surface area contributed by atoms with Crippen molar-refractivity contribution in [3.05, 3.63) is 0 Å². The van der Waals surface area contributed by atoms with E-state index < -0.39 is 6.09 Å². The van der Waals surface area contributed by atoms with E-state index in [-0.39, 0.29) is 12.1 Å². The van der Waals surface area contributed by atoms with Crippen molar-refractivity contribution >= 4 is 17.9 Å². The number of hydrogen-bond acceptors (Lipinski definition) is 4. The van der Waals surface area contributed by atoms with Gasteiger partial charge < -0.3 is 19.9 Å². The average molecular weight is 235 g/mol. The highest BCUT2D eigenvalue weighted by Gasteiger charge is 2.22. The number of nitrogens with one attached hydrogen (secondary N) is 1. The van der Waals surface area contributed by atoms with E-state index in [1.165, 1.54) is 0 Å². The third-order valence-corrected chi connectivity index (χ3v) is 2.61. The van der Waals surface area contributed by atoms with Gasteiger partial charge in [-0.2, -0.15) is 0 Å². The van der Waals surface area contributed by atoms with Crippen molar-refractivity contribution in [3.8, 4) is 0 Å². The van der Waals surface area contributed by atoms with E-state index in [1.807, 2.05) is 6.26 Å². The fourth-order valence-electron chi connectivity index (χ4n) is 1.49. The van der Waals surface area contributed by atoms with Gasteiger partial charge in [-0.3, -0.25) is 0 Å². The fourth-order valence-corrected chi connectivity index (χ4v) is 1.75. The van der Waals surface area contributed by atoms with Gasteiger partial charge in [0.05, 0.1) is 31.3 Å². The van der Waals surface area contributed by atoms with E-state index in [2.05, 4.69) is 5.32 Å². The maximum absolute atomic E-state index is 10.4. The molecule has 0 aliphatic carbocycles. The highest BCUT2D eigenvalue weighted by atomic mass is 32.2. The molecule has 2 atom stereocenters. The monoisotopic (exact) mass is 235 g/mol. The highest BCUT2D eigenvalue weighted by molar-refractivity contribution is 7.98. The summed E-state index contributed by atoms with van der Waals surface area (Å²) in [4.78, 5) is 10.4. The molecule has 0 spiro atoms. The van der Waals surface area contributed by atoms with Crippen LogP contribution in [0.4, 0.5) is 4.79 Å².